The molecule has 5 nitrogen and oxygen atoms in total. The molecule has 0 saturated carbocycles. The molecule has 1 aliphatic heterocycles. The number of aromatic nitrogens is 2. The van der Waals surface area contributed by atoms with Gasteiger partial charge in [-0.15, -0.1) is 11.3 Å². The van der Waals surface area contributed by atoms with Crippen molar-refractivity contribution in [2.24, 2.45) is 0 Å². The molecule has 1 saturated heterocycles. The lowest BCUT2D eigenvalue weighted by Gasteiger charge is -2.33. The van der Waals surface area contributed by atoms with E-state index < -0.39 is 0 Å². The molecule has 4 rings (SSSR count). The topological polar surface area (TPSA) is 55.2 Å². The number of hydrogen-bond acceptors (Lipinski definition) is 4. The molecular formula is C20H20ClN3O2S. The molecule has 27 heavy (non-hydrogen) atoms. The highest BCUT2D eigenvalue weighted by atomic mass is 35.5. The lowest BCUT2D eigenvalue weighted by atomic mass is 10.0. The Labute approximate surface area is 166 Å². The fourth-order valence-electron chi connectivity index (χ4n) is 3.63. The number of carbonyl (C=O) groups excluding carboxylic acids is 1. The van der Waals surface area contributed by atoms with Gasteiger partial charge in [0.25, 0.3) is 5.56 Å². The van der Waals surface area contributed by atoms with Crippen molar-refractivity contribution in [2.45, 2.75) is 38.8 Å². The summed E-state index contributed by atoms with van der Waals surface area (Å²) >= 11 is 7.40. The third-order valence-electron chi connectivity index (χ3n) is 5.14. The van der Waals surface area contributed by atoms with Crippen molar-refractivity contribution in [3.63, 3.8) is 0 Å². The average Bonchev–Trinajstić information content (AvgIpc) is 3.10. The van der Waals surface area contributed by atoms with Crippen LogP contribution in [-0.2, 0) is 11.3 Å². The third kappa shape index (κ3) is 3.51. The van der Waals surface area contributed by atoms with Crippen LogP contribution in [0.4, 0.5) is 0 Å². The van der Waals surface area contributed by atoms with E-state index in [1.807, 2.05) is 22.4 Å². The molecule has 0 radical (unpaired) electrons. The fourth-order valence-corrected chi connectivity index (χ4v) is 4.66. The van der Waals surface area contributed by atoms with Gasteiger partial charge in [0.1, 0.15) is 11.4 Å². The lowest BCUT2D eigenvalue weighted by Crippen LogP contribution is -2.44. The van der Waals surface area contributed by atoms with Gasteiger partial charge in [0, 0.05) is 28.6 Å². The number of benzene rings is 1. The summed E-state index contributed by atoms with van der Waals surface area (Å²) in [5, 5.41) is 3.14. The van der Waals surface area contributed by atoms with Crippen molar-refractivity contribution in [2.75, 3.05) is 6.54 Å². The Kier molecular flexibility index (Phi) is 5.02. The van der Waals surface area contributed by atoms with Crippen LogP contribution in [0.5, 0.6) is 0 Å². The number of piperidine rings is 1. The second-order valence-electron chi connectivity index (χ2n) is 6.95. The first-order valence-corrected chi connectivity index (χ1v) is 10.3. The van der Waals surface area contributed by atoms with Gasteiger partial charge in [-0.05, 0) is 43.9 Å². The van der Waals surface area contributed by atoms with E-state index in [0.717, 1.165) is 36.9 Å². The summed E-state index contributed by atoms with van der Waals surface area (Å²) in [6.07, 6.45) is 4.67. The zero-order valence-electron chi connectivity index (χ0n) is 15.0. The first kappa shape index (κ1) is 18.2. The summed E-state index contributed by atoms with van der Waals surface area (Å²) in [5.74, 6) is -0.0197. The van der Waals surface area contributed by atoms with Crippen molar-refractivity contribution in [1.82, 2.24) is 14.5 Å². The molecule has 0 aliphatic carbocycles. The molecule has 0 bridgehead atoms. The minimum atomic E-state index is -0.177. The molecule has 140 valence electrons. The van der Waals surface area contributed by atoms with Crippen molar-refractivity contribution < 1.29 is 4.79 Å². The van der Waals surface area contributed by atoms with E-state index in [0.29, 0.717) is 15.2 Å². The summed E-state index contributed by atoms with van der Waals surface area (Å²) in [6, 6.07) is 7.61. The SMILES string of the molecule is C[C@@H]1CCCCN1C(=O)Cn1cnc2scc(-c3ccc(Cl)cc3)c2c1=O. The van der Waals surface area contributed by atoms with Crippen molar-refractivity contribution >= 4 is 39.1 Å². The van der Waals surface area contributed by atoms with Crippen LogP contribution >= 0.6 is 22.9 Å². The number of thiophene rings is 1. The van der Waals surface area contributed by atoms with Crippen LogP contribution in [0.1, 0.15) is 26.2 Å². The van der Waals surface area contributed by atoms with Gasteiger partial charge >= 0.3 is 0 Å². The molecule has 7 heteroatoms. The summed E-state index contributed by atoms with van der Waals surface area (Å²) in [6.45, 7) is 2.86. The quantitative estimate of drug-likeness (QED) is 0.661. The lowest BCUT2D eigenvalue weighted by molar-refractivity contribution is -0.135. The predicted molar refractivity (Wildman–Crippen MR) is 109 cm³/mol. The molecule has 1 fully saturated rings. The number of halogens is 1. The zero-order chi connectivity index (χ0) is 19.0. The molecule has 3 heterocycles. The van der Waals surface area contributed by atoms with Gasteiger partial charge in [-0.2, -0.15) is 0 Å². The van der Waals surface area contributed by atoms with Crippen LogP contribution < -0.4 is 5.56 Å². The van der Waals surface area contributed by atoms with E-state index in [2.05, 4.69) is 11.9 Å². The van der Waals surface area contributed by atoms with Crippen LogP contribution in [0, 0.1) is 0 Å². The standard InChI is InChI=1S/C20H20ClN3O2S/c1-13-4-2-3-9-24(13)17(25)10-23-12-22-19-18(20(23)26)16(11-27-19)14-5-7-15(21)8-6-14/h5-8,11-13H,2-4,9-10H2,1H3/t13-/m1/s1. The van der Waals surface area contributed by atoms with Crippen LogP contribution in [0.15, 0.2) is 40.8 Å². The minimum Gasteiger partial charge on any atom is -0.338 e. The molecule has 0 N–H and O–H groups in total. The van der Waals surface area contributed by atoms with Crippen LogP contribution in [-0.4, -0.2) is 32.9 Å². The van der Waals surface area contributed by atoms with Gasteiger partial charge in [0.05, 0.1) is 11.7 Å². The maximum atomic E-state index is 13.1. The number of rotatable bonds is 3. The van der Waals surface area contributed by atoms with E-state index >= 15 is 0 Å². The average molecular weight is 402 g/mol. The van der Waals surface area contributed by atoms with E-state index in [9.17, 15) is 9.59 Å². The van der Waals surface area contributed by atoms with Crippen molar-refractivity contribution in [1.29, 1.82) is 0 Å². The monoisotopic (exact) mass is 401 g/mol. The van der Waals surface area contributed by atoms with Gasteiger partial charge in [-0.3, -0.25) is 14.2 Å². The van der Waals surface area contributed by atoms with E-state index in [1.165, 1.54) is 22.2 Å². The summed E-state index contributed by atoms with van der Waals surface area (Å²) in [4.78, 5) is 32.8. The maximum Gasteiger partial charge on any atom is 0.263 e. The second-order valence-corrected chi connectivity index (χ2v) is 8.24. The molecule has 3 aromatic rings. The van der Waals surface area contributed by atoms with Gasteiger partial charge in [-0.1, -0.05) is 23.7 Å². The summed E-state index contributed by atoms with van der Waals surface area (Å²) in [7, 11) is 0. The van der Waals surface area contributed by atoms with Gasteiger partial charge < -0.3 is 4.90 Å². The number of likely N-dealkylation sites (tertiary alicyclic amines) is 1. The van der Waals surface area contributed by atoms with Crippen molar-refractivity contribution in [3.05, 3.63) is 51.3 Å². The molecule has 0 spiro atoms. The van der Waals surface area contributed by atoms with Gasteiger partial charge in [-0.25, -0.2) is 4.98 Å². The van der Waals surface area contributed by atoms with Crippen molar-refractivity contribution in [3.8, 4) is 11.1 Å². The Balaban J connectivity index is 1.69. The predicted octanol–water partition coefficient (Wildman–Crippen LogP) is 4.18. The highest BCUT2D eigenvalue weighted by Crippen LogP contribution is 2.31. The Morgan fingerprint density at radius 1 is 1.30 bits per heavy atom. The van der Waals surface area contributed by atoms with Crippen LogP contribution in [0.25, 0.3) is 21.3 Å². The maximum absolute atomic E-state index is 13.1. The molecule has 0 unspecified atom stereocenters. The molecule has 1 amide bonds. The number of hydrogen-bond donors (Lipinski definition) is 0. The Hall–Kier alpha value is -2.18. The molecule has 2 aromatic heterocycles. The number of fused-ring (bicyclic) bond motifs is 1. The molecule has 1 aliphatic rings. The van der Waals surface area contributed by atoms with Gasteiger partial charge in [0.15, 0.2) is 0 Å². The number of amides is 1. The normalized spacial score (nSPS) is 17.4. The van der Waals surface area contributed by atoms with Crippen LogP contribution in [0.3, 0.4) is 0 Å². The van der Waals surface area contributed by atoms with Gasteiger partial charge in [0.2, 0.25) is 5.91 Å². The molecule has 1 atom stereocenters. The minimum absolute atomic E-state index is 0.0197. The van der Waals surface area contributed by atoms with E-state index in [1.54, 1.807) is 12.1 Å². The first-order chi connectivity index (χ1) is 13.0. The number of carbonyl (C=O) groups is 1. The number of nitrogens with zero attached hydrogens (tertiary/aromatic N) is 3. The molecular weight excluding hydrogens is 382 g/mol. The second kappa shape index (κ2) is 7.44. The van der Waals surface area contributed by atoms with E-state index in [4.69, 9.17) is 11.6 Å². The largest absolute Gasteiger partial charge is 0.338 e. The Morgan fingerprint density at radius 3 is 2.81 bits per heavy atom. The highest BCUT2D eigenvalue weighted by molar-refractivity contribution is 7.17. The summed E-state index contributed by atoms with van der Waals surface area (Å²) in [5.41, 5.74) is 1.57. The molecule has 1 aromatic carbocycles. The summed E-state index contributed by atoms with van der Waals surface area (Å²) < 4.78 is 1.43. The zero-order valence-corrected chi connectivity index (χ0v) is 16.6. The third-order valence-corrected chi connectivity index (χ3v) is 6.28. The Morgan fingerprint density at radius 2 is 2.07 bits per heavy atom. The van der Waals surface area contributed by atoms with E-state index in [-0.39, 0.29) is 24.1 Å². The fraction of sp³-hybridized carbons (Fsp3) is 0.350. The first-order valence-electron chi connectivity index (χ1n) is 9.06. The highest BCUT2D eigenvalue weighted by Gasteiger charge is 2.24. The van der Waals surface area contributed by atoms with Crippen LogP contribution in [0.2, 0.25) is 5.02 Å². The smallest absolute Gasteiger partial charge is 0.263 e. The Bertz CT molecular complexity index is 1040.